The lowest BCUT2D eigenvalue weighted by atomic mass is 10.2. The van der Waals surface area contributed by atoms with E-state index in [4.69, 9.17) is 21.1 Å². The molecule has 0 aliphatic rings. The summed E-state index contributed by atoms with van der Waals surface area (Å²) < 4.78 is 26.0. The minimum atomic E-state index is -0.379. The van der Waals surface area contributed by atoms with Crippen LogP contribution in [0.4, 0.5) is 4.39 Å². The highest BCUT2D eigenvalue weighted by molar-refractivity contribution is 6.32. The number of para-hydroxylation sites is 1. The number of nitrogens with one attached hydrogen (secondary N) is 1. The molecule has 0 aliphatic heterocycles. The highest BCUT2D eigenvalue weighted by Crippen LogP contribution is 2.23. The third-order valence-electron chi connectivity index (χ3n) is 4.19. The summed E-state index contributed by atoms with van der Waals surface area (Å²) in [4.78, 5) is 11.9. The van der Waals surface area contributed by atoms with E-state index < -0.39 is 0 Å². The van der Waals surface area contributed by atoms with Gasteiger partial charge in [-0.1, -0.05) is 35.9 Å². The molecule has 0 aliphatic carbocycles. The van der Waals surface area contributed by atoms with E-state index >= 15 is 0 Å². The Bertz CT molecular complexity index is 1220. The Hall–Kier alpha value is -3.72. The van der Waals surface area contributed by atoms with E-state index in [0.717, 1.165) is 0 Å². The van der Waals surface area contributed by atoms with Gasteiger partial charge in [-0.25, -0.2) is 4.39 Å². The number of hydrogen-bond donors (Lipinski definition) is 1. The number of ether oxygens (including phenoxy) is 2. The van der Waals surface area contributed by atoms with Crippen molar-refractivity contribution in [3.63, 3.8) is 0 Å². The smallest absolute Gasteiger partial charge is 0.258 e. The third kappa shape index (κ3) is 5.07. The van der Waals surface area contributed by atoms with Gasteiger partial charge in [0.05, 0.1) is 11.6 Å². The summed E-state index contributed by atoms with van der Waals surface area (Å²) in [6, 6.07) is 16.3. The lowest BCUT2D eigenvalue weighted by Gasteiger charge is -2.09. The van der Waals surface area contributed by atoms with E-state index in [9.17, 15) is 9.18 Å². The second-order valence-corrected chi connectivity index (χ2v) is 6.80. The van der Waals surface area contributed by atoms with Crippen molar-refractivity contribution in [1.29, 1.82) is 0 Å². The summed E-state index contributed by atoms with van der Waals surface area (Å²) in [5.41, 5.74) is 1.04. The maximum absolute atomic E-state index is 13.5. The Morgan fingerprint density at radius 3 is 2.77 bits per heavy atom. The molecule has 4 aromatic rings. The molecule has 0 radical (unpaired) electrons. The van der Waals surface area contributed by atoms with Crippen molar-refractivity contribution in [1.82, 2.24) is 25.1 Å². The first-order valence-corrected chi connectivity index (χ1v) is 9.73. The molecule has 0 saturated heterocycles. The van der Waals surface area contributed by atoms with Crippen LogP contribution in [0.5, 0.6) is 11.6 Å². The van der Waals surface area contributed by atoms with Crippen LogP contribution in [0.25, 0.3) is 17.0 Å². The highest BCUT2D eigenvalue weighted by atomic mass is 35.5. The van der Waals surface area contributed by atoms with Gasteiger partial charge < -0.3 is 14.8 Å². The Kier molecular flexibility index (Phi) is 6.23. The molecule has 0 spiro atoms. The van der Waals surface area contributed by atoms with Crippen molar-refractivity contribution in [3.05, 3.63) is 71.5 Å². The predicted octanol–water partition coefficient (Wildman–Crippen LogP) is 3.16. The van der Waals surface area contributed by atoms with Gasteiger partial charge in [-0.15, -0.1) is 15.3 Å². The van der Waals surface area contributed by atoms with Crippen LogP contribution in [-0.4, -0.2) is 45.5 Å². The molecule has 31 heavy (non-hydrogen) atoms. The summed E-state index contributed by atoms with van der Waals surface area (Å²) in [7, 11) is 0. The monoisotopic (exact) mass is 441 g/mol. The van der Waals surface area contributed by atoms with Crippen molar-refractivity contribution in [2.45, 2.75) is 0 Å². The fraction of sp³-hybridized carbons (Fsp3) is 0.143. The zero-order chi connectivity index (χ0) is 21.6. The maximum Gasteiger partial charge on any atom is 0.258 e. The Labute approximate surface area is 181 Å². The summed E-state index contributed by atoms with van der Waals surface area (Å²) in [6.07, 6.45) is 0. The highest BCUT2D eigenvalue weighted by Gasteiger charge is 2.11. The van der Waals surface area contributed by atoms with Gasteiger partial charge >= 0.3 is 0 Å². The first-order chi connectivity index (χ1) is 15.1. The Morgan fingerprint density at radius 2 is 1.94 bits per heavy atom. The number of carbonyl (C=O) groups excluding carboxylic acids is 1. The zero-order valence-electron chi connectivity index (χ0n) is 16.2. The number of halogens is 2. The first-order valence-electron chi connectivity index (χ1n) is 9.35. The quantitative estimate of drug-likeness (QED) is 0.422. The van der Waals surface area contributed by atoms with Gasteiger partial charge in [0.1, 0.15) is 18.2 Å². The molecule has 158 valence electrons. The van der Waals surface area contributed by atoms with Crippen LogP contribution < -0.4 is 14.8 Å². The summed E-state index contributed by atoms with van der Waals surface area (Å²) in [5, 5.41) is 15.6. The van der Waals surface area contributed by atoms with E-state index in [1.165, 1.54) is 16.6 Å². The molecule has 2 aromatic carbocycles. The molecule has 2 aromatic heterocycles. The van der Waals surface area contributed by atoms with Crippen LogP contribution in [0.2, 0.25) is 5.02 Å². The topological polar surface area (TPSA) is 90.6 Å². The fourth-order valence-corrected chi connectivity index (χ4v) is 2.95. The number of aromatic nitrogens is 4. The largest absolute Gasteiger partial charge is 0.482 e. The van der Waals surface area contributed by atoms with Crippen LogP contribution in [0.15, 0.2) is 60.7 Å². The van der Waals surface area contributed by atoms with Gasteiger partial charge in [0.2, 0.25) is 5.88 Å². The number of carbonyl (C=O) groups is 1. The average molecular weight is 442 g/mol. The zero-order valence-corrected chi connectivity index (χ0v) is 16.9. The van der Waals surface area contributed by atoms with E-state index in [2.05, 4.69) is 20.6 Å². The second kappa shape index (κ2) is 9.40. The second-order valence-electron chi connectivity index (χ2n) is 6.39. The van der Waals surface area contributed by atoms with Crippen LogP contribution in [0.3, 0.4) is 0 Å². The number of hydrogen-bond acceptors (Lipinski definition) is 6. The number of rotatable bonds is 8. The molecule has 0 unspecified atom stereocenters. The Balaban J connectivity index is 1.31. The van der Waals surface area contributed by atoms with Crippen molar-refractivity contribution in [2.75, 3.05) is 19.8 Å². The number of fused-ring (bicyclic) bond motifs is 1. The normalized spacial score (nSPS) is 10.8. The lowest BCUT2D eigenvalue weighted by Crippen LogP contribution is -2.32. The summed E-state index contributed by atoms with van der Waals surface area (Å²) in [5.74, 6) is 0.461. The van der Waals surface area contributed by atoms with Gasteiger partial charge in [0, 0.05) is 11.6 Å². The third-order valence-corrected chi connectivity index (χ3v) is 4.50. The molecule has 0 fully saturated rings. The molecule has 0 bridgehead atoms. The van der Waals surface area contributed by atoms with E-state index in [-0.39, 0.29) is 31.5 Å². The van der Waals surface area contributed by atoms with Crippen LogP contribution >= 0.6 is 11.6 Å². The van der Waals surface area contributed by atoms with Crippen molar-refractivity contribution in [2.24, 2.45) is 0 Å². The summed E-state index contributed by atoms with van der Waals surface area (Å²) >= 11 is 5.98. The van der Waals surface area contributed by atoms with Crippen molar-refractivity contribution >= 4 is 23.2 Å². The van der Waals surface area contributed by atoms with Gasteiger partial charge in [-0.05, 0) is 30.3 Å². The molecule has 10 heteroatoms. The van der Waals surface area contributed by atoms with Crippen LogP contribution in [-0.2, 0) is 4.79 Å². The molecule has 8 nitrogen and oxygen atoms in total. The van der Waals surface area contributed by atoms with E-state index in [1.807, 2.05) is 0 Å². The van der Waals surface area contributed by atoms with Gasteiger partial charge in [0.25, 0.3) is 5.91 Å². The minimum Gasteiger partial charge on any atom is -0.482 e. The number of nitrogens with zero attached hydrogens (tertiary/aromatic N) is 4. The standard InChI is InChI=1S/C21H17ClFN5O3/c22-16-6-1-2-7-17(16)31-13-19(29)24-10-11-30-20-9-8-18-25-26-21(28(18)27-20)14-4-3-5-15(23)12-14/h1-9,12H,10-11,13H2,(H,24,29). The molecule has 2 heterocycles. The van der Waals surface area contributed by atoms with E-state index in [1.54, 1.807) is 48.5 Å². The van der Waals surface area contributed by atoms with Gasteiger partial charge in [-0.2, -0.15) is 4.52 Å². The lowest BCUT2D eigenvalue weighted by molar-refractivity contribution is -0.123. The first kappa shape index (κ1) is 20.5. The molecule has 1 amide bonds. The predicted molar refractivity (Wildman–Crippen MR) is 112 cm³/mol. The molecular weight excluding hydrogens is 425 g/mol. The molecule has 0 atom stereocenters. The molecular formula is C21H17ClFN5O3. The van der Waals surface area contributed by atoms with Crippen LogP contribution in [0.1, 0.15) is 0 Å². The molecule has 0 saturated carbocycles. The van der Waals surface area contributed by atoms with E-state index in [0.29, 0.717) is 33.7 Å². The Morgan fingerprint density at radius 1 is 1.06 bits per heavy atom. The fourth-order valence-electron chi connectivity index (χ4n) is 2.76. The summed E-state index contributed by atoms with van der Waals surface area (Å²) in [6.45, 7) is 0.281. The van der Waals surface area contributed by atoms with Crippen molar-refractivity contribution < 1.29 is 18.7 Å². The molecule has 1 N–H and O–H groups in total. The minimum absolute atomic E-state index is 0.161. The molecule has 4 rings (SSSR count). The maximum atomic E-state index is 13.5. The SMILES string of the molecule is O=C(COc1ccccc1Cl)NCCOc1ccc2nnc(-c3cccc(F)c3)n2n1. The number of amides is 1. The van der Waals surface area contributed by atoms with Gasteiger partial charge in [-0.3, -0.25) is 4.79 Å². The van der Waals surface area contributed by atoms with Crippen LogP contribution in [0, 0.1) is 5.82 Å². The van der Waals surface area contributed by atoms with Gasteiger partial charge in [0.15, 0.2) is 18.1 Å². The van der Waals surface area contributed by atoms with Crippen molar-refractivity contribution in [3.8, 4) is 23.0 Å². The number of benzene rings is 2. The average Bonchev–Trinajstić information content (AvgIpc) is 3.19.